The monoisotopic (exact) mass is 282 g/mol. The van der Waals surface area contributed by atoms with Crippen LogP contribution < -0.4 is 11.1 Å². The third kappa shape index (κ3) is 4.06. The van der Waals surface area contributed by atoms with Crippen molar-refractivity contribution in [2.45, 2.75) is 38.2 Å². The summed E-state index contributed by atoms with van der Waals surface area (Å²) in [5.74, 6) is 0.0154. The Bertz CT molecular complexity index is 474. The number of anilines is 2. The number of nitrogens with one attached hydrogen (secondary N) is 1. The summed E-state index contributed by atoms with van der Waals surface area (Å²) in [5.41, 5.74) is 6.83. The number of carbonyl (C=O) groups excluding carboxylic acids is 1. The van der Waals surface area contributed by atoms with E-state index in [0.29, 0.717) is 11.4 Å². The molecule has 3 unspecified atom stereocenters. The Morgan fingerprint density at radius 3 is 2.32 bits per heavy atom. The van der Waals surface area contributed by atoms with Gasteiger partial charge in [-0.25, -0.2) is 0 Å². The highest BCUT2D eigenvalue weighted by Crippen LogP contribution is 2.19. The number of hydrogen-bond acceptors (Lipinski definition) is 3. The molecular formula is C14H22N2O2S. The predicted molar refractivity (Wildman–Crippen MR) is 81.4 cm³/mol. The van der Waals surface area contributed by atoms with Crippen molar-refractivity contribution in [3.05, 3.63) is 24.3 Å². The number of nitrogen functional groups attached to an aromatic ring is 1. The summed E-state index contributed by atoms with van der Waals surface area (Å²) in [7, 11) is -1.20. The minimum Gasteiger partial charge on any atom is -0.397 e. The van der Waals surface area contributed by atoms with Crippen LogP contribution in [0.2, 0.25) is 0 Å². The first-order valence-electron chi connectivity index (χ1n) is 6.39. The normalized spacial score (nSPS) is 15.8. The molecule has 1 aromatic rings. The second-order valence-electron chi connectivity index (χ2n) is 5.00. The maximum Gasteiger partial charge on any atom is 0.239 e. The lowest BCUT2D eigenvalue weighted by Crippen LogP contribution is -2.35. The van der Waals surface area contributed by atoms with Crippen molar-refractivity contribution in [2.75, 3.05) is 11.1 Å². The molecule has 0 radical (unpaired) electrons. The summed E-state index contributed by atoms with van der Waals surface area (Å²) in [6.45, 7) is 7.59. The van der Waals surface area contributed by atoms with E-state index in [-0.39, 0.29) is 17.1 Å². The molecule has 0 aromatic heterocycles. The van der Waals surface area contributed by atoms with Crippen LogP contribution in [0.5, 0.6) is 0 Å². The van der Waals surface area contributed by atoms with Gasteiger partial charge in [0, 0.05) is 16.0 Å². The second kappa shape index (κ2) is 6.70. The van der Waals surface area contributed by atoms with Crippen LogP contribution in [0.25, 0.3) is 0 Å². The van der Waals surface area contributed by atoms with Crippen LogP contribution in [-0.4, -0.2) is 20.6 Å². The van der Waals surface area contributed by atoms with Crippen molar-refractivity contribution in [1.29, 1.82) is 0 Å². The van der Waals surface area contributed by atoms with Gasteiger partial charge in [0.05, 0.1) is 11.4 Å². The van der Waals surface area contributed by atoms with E-state index in [0.717, 1.165) is 0 Å². The minimum atomic E-state index is -1.20. The molecule has 0 aliphatic heterocycles. The molecular weight excluding hydrogens is 260 g/mol. The van der Waals surface area contributed by atoms with E-state index in [1.807, 2.05) is 20.8 Å². The van der Waals surface area contributed by atoms with Crippen molar-refractivity contribution in [2.24, 2.45) is 5.92 Å². The third-order valence-corrected chi connectivity index (χ3v) is 5.43. The first-order valence-corrected chi connectivity index (χ1v) is 7.67. The zero-order valence-corrected chi connectivity index (χ0v) is 12.7. The molecule has 3 atom stereocenters. The number of carbonyl (C=O) groups is 1. The maximum atomic E-state index is 12.2. The SMILES string of the molecule is CC(C)C(C)S(=O)C(C)C(=O)Nc1ccccc1N. The van der Waals surface area contributed by atoms with Gasteiger partial charge >= 0.3 is 0 Å². The number of para-hydroxylation sites is 2. The average molecular weight is 282 g/mol. The molecule has 0 saturated heterocycles. The van der Waals surface area contributed by atoms with E-state index in [4.69, 9.17) is 5.73 Å². The summed E-state index contributed by atoms with van der Waals surface area (Å²) >= 11 is 0. The van der Waals surface area contributed by atoms with Gasteiger partial charge in [-0.3, -0.25) is 9.00 Å². The summed E-state index contributed by atoms with van der Waals surface area (Å²) in [5, 5.41) is 2.15. The first kappa shape index (κ1) is 15.7. The molecule has 0 aliphatic carbocycles. The zero-order chi connectivity index (χ0) is 14.6. The van der Waals surface area contributed by atoms with Gasteiger partial charge in [0.15, 0.2) is 0 Å². The molecule has 1 rings (SSSR count). The van der Waals surface area contributed by atoms with E-state index in [2.05, 4.69) is 5.32 Å². The highest BCUT2D eigenvalue weighted by atomic mass is 32.2. The number of hydrogen-bond donors (Lipinski definition) is 2. The molecule has 3 N–H and O–H groups in total. The van der Waals surface area contributed by atoms with E-state index >= 15 is 0 Å². The van der Waals surface area contributed by atoms with Crippen LogP contribution in [0.3, 0.4) is 0 Å². The highest BCUT2D eigenvalue weighted by molar-refractivity contribution is 7.87. The molecule has 19 heavy (non-hydrogen) atoms. The van der Waals surface area contributed by atoms with Gasteiger partial charge in [-0.05, 0) is 25.0 Å². The topological polar surface area (TPSA) is 72.2 Å². The molecule has 1 amide bonds. The summed E-state index contributed by atoms with van der Waals surface area (Å²) < 4.78 is 12.2. The lowest BCUT2D eigenvalue weighted by Gasteiger charge is -2.20. The van der Waals surface area contributed by atoms with Gasteiger partial charge in [0.1, 0.15) is 5.25 Å². The number of rotatable bonds is 5. The van der Waals surface area contributed by atoms with Crippen molar-refractivity contribution < 1.29 is 9.00 Å². The molecule has 0 bridgehead atoms. The quantitative estimate of drug-likeness (QED) is 0.814. The van der Waals surface area contributed by atoms with Crippen molar-refractivity contribution in [3.63, 3.8) is 0 Å². The standard InChI is InChI=1S/C14H22N2O2S/c1-9(2)10(3)19(18)11(4)14(17)16-13-8-6-5-7-12(13)15/h5-11H,15H2,1-4H3,(H,16,17). The molecule has 1 aromatic carbocycles. The van der Waals surface area contributed by atoms with Crippen molar-refractivity contribution >= 4 is 28.1 Å². The Labute approximate surface area is 117 Å². The van der Waals surface area contributed by atoms with E-state index in [1.165, 1.54) is 0 Å². The Kier molecular flexibility index (Phi) is 5.54. The molecule has 0 heterocycles. The van der Waals surface area contributed by atoms with Gasteiger partial charge in [-0.2, -0.15) is 0 Å². The molecule has 0 aliphatic rings. The van der Waals surface area contributed by atoms with Crippen molar-refractivity contribution in [3.8, 4) is 0 Å². The molecule has 4 nitrogen and oxygen atoms in total. The fourth-order valence-electron chi connectivity index (χ4n) is 1.54. The Morgan fingerprint density at radius 1 is 1.21 bits per heavy atom. The van der Waals surface area contributed by atoms with Crippen molar-refractivity contribution in [1.82, 2.24) is 0 Å². The number of nitrogens with two attached hydrogens (primary N) is 1. The second-order valence-corrected chi connectivity index (χ2v) is 7.10. The molecule has 0 fully saturated rings. The van der Waals surface area contributed by atoms with Crippen LogP contribution in [0.15, 0.2) is 24.3 Å². The Balaban J connectivity index is 2.73. The summed E-state index contributed by atoms with van der Waals surface area (Å²) in [6.07, 6.45) is 0. The fourth-order valence-corrected chi connectivity index (χ4v) is 2.99. The van der Waals surface area contributed by atoms with Crippen LogP contribution >= 0.6 is 0 Å². The fraction of sp³-hybridized carbons (Fsp3) is 0.500. The average Bonchev–Trinajstić information content (AvgIpc) is 2.38. The van der Waals surface area contributed by atoms with Crippen LogP contribution in [0, 0.1) is 5.92 Å². The largest absolute Gasteiger partial charge is 0.397 e. The van der Waals surface area contributed by atoms with E-state index in [1.54, 1.807) is 31.2 Å². The minimum absolute atomic E-state index is 0.0196. The maximum absolute atomic E-state index is 12.2. The summed E-state index contributed by atoms with van der Waals surface area (Å²) in [4.78, 5) is 12.1. The van der Waals surface area contributed by atoms with Gasteiger partial charge in [-0.15, -0.1) is 0 Å². The van der Waals surface area contributed by atoms with Gasteiger partial charge < -0.3 is 11.1 Å². The Morgan fingerprint density at radius 2 is 1.79 bits per heavy atom. The van der Waals surface area contributed by atoms with Gasteiger partial charge in [-0.1, -0.05) is 32.9 Å². The third-order valence-electron chi connectivity index (χ3n) is 3.24. The summed E-state index contributed by atoms with van der Waals surface area (Å²) in [6, 6.07) is 7.04. The first-order chi connectivity index (χ1) is 8.84. The smallest absolute Gasteiger partial charge is 0.239 e. The van der Waals surface area contributed by atoms with E-state index < -0.39 is 16.0 Å². The van der Waals surface area contributed by atoms with E-state index in [9.17, 15) is 9.00 Å². The van der Waals surface area contributed by atoms with Gasteiger partial charge in [0.2, 0.25) is 5.91 Å². The number of amides is 1. The van der Waals surface area contributed by atoms with Crippen LogP contribution in [0.1, 0.15) is 27.7 Å². The number of benzene rings is 1. The highest BCUT2D eigenvalue weighted by Gasteiger charge is 2.26. The molecule has 0 saturated carbocycles. The van der Waals surface area contributed by atoms with Crippen LogP contribution in [-0.2, 0) is 15.6 Å². The Hall–Kier alpha value is -1.36. The molecule has 5 heteroatoms. The molecule has 106 valence electrons. The zero-order valence-electron chi connectivity index (χ0n) is 11.8. The lowest BCUT2D eigenvalue weighted by molar-refractivity contribution is -0.115. The molecule has 0 spiro atoms. The van der Waals surface area contributed by atoms with Gasteiger partial charge in [0.25, 0.3) is 0 Å². The lowest BCUT2D eigenvalue weighted by atomic mass is 10.2. The predicted octanol–water partition coefficient (Wildman–Crippen LogP) is 2.39. The van der Waals surface area contributed by atoms with Crippen LogP contribution in [0.4, 0.5) is 11.4 Å².